The van der Waals surface area contributed by atoms with E-state index in [2.05, 4.69) is 22.9 Å². The highest BCUT2D eigenvalue weighted by atomic mass is 16.5. The lowest BCUT2D eigenvalue weighted by molar-refractivity contribution is 0.244. The normalized spacial score (nSPS) is 15.8. The van der Waals surface area contributed by atoms with Gasteiger partial charge in [0.15, 0.2) is 0 Å². The maximum atomic E-state index is 6.24. The number of hydrogen-bond acceptors (Lipinski definition) is 4. The Bertz CT molecular complexity index is 428. The summed E-state index contributed by atoms with van der Waals surface area (Å²) in [5, 5.41) is 0. The first kappa shape index (κ1) is 15.0. The van der Waals surface area contributed by atoms with E-state index >= 15 is 0 Å². The van der Waals surface area contributed by atoms with E-state index in [9.17, 15) is 0 Å². The van der Waals surface area contributed by atoms with Crippen LogP contribution in [0.5, 0.6) is 5.75 Å². The minimum atomic E-state index is 0.141. The molecular formula is C16H27N3O. The van der Waals surface area contributed by atoms with Gasteiger partial charge in [-0.25, -0.2) is 0 Å². The van der Waals surface area contributed by atoms with Crippen LogP contribution < -0.4 is 15.4 Å². The maximum Gasteiger partial charge on any atom is 0.144 e. The van der Waals surface area contributed by atoms with Gasteiger partial charge in [0, 0.05) is 20.1 Å². The van der Waals surface area contributed by atoms with Crippen LogP contribution in [0.1, 0.15) is 26.7 Å². The Morgan fingerprint density at radius 1 is 1.30 bits per heavy atom. The molecule has 1 fully saturated rings. The molecule has 1 heterocycles. The lowest BCUT2D eigenvalue weighted by atomic mass is 10.2. The number of anilines is 2. The quantitative estimate of drug-likeness (QED) is 0.812. The second kappa shape index (κ2) is 6.84. The van der Waals surface area contributed by atoms with Crippen molar-refractivity contribution < 1.29 is 4.74 Å². The largest absolute Gasteiger partial charge is 0.489 e. The molecule has 0 amide bonds. The van der Waals surface area contributed by atoms with Gasteiger partial charge in [0.2, 0.25) is 0 Å². The van der Waals surface area contributed by atoms with E-state index in [1.165, 1.54) is 25.9 Å². The van der Waals surface area contributed by atoms with Crippen molar-refractivity contribution in [1.82, 2.24) is 4.90 Å². The molecule has 1 saturated heterocycles. The zero-order chi connectivity index (χ0) is 14.5. The molecule has 0 radical (unpaired) electrons. The second-order valence-electron chi connectivity index (χ2n) is 5.83. The first-order valence-corrected chi connectivity index (χ1v) is 7.56. The second-order valence-corrected chi connectivity index (χ2v) is 5.83. The van der Waals surface area contributed by atoms with Crippen LogP contribution in [0.25, 0.3) is 0 Å². The molecule has 112 valence electrons. The monoisotopic (exact) mass is 277 g/mol. The summed E-state index contributed by atoms with van der Waals surface area (Å²) in [5.41, 5.74) is 8.03. The number of likely N-dealkylation sites (tertiary alicyclic amines) is 1. The molecule has 20 heavy (non-hydrogen) atoms. The SMILES string of the molecule is CC(C)Oc1cccc(N(C)CCN2CCCC2)c1N. The predicted molar refractivity (Wildman–Crippen MR) is 85.6 cm³/mol. The van der Waals surface area contributed by atoms with E-state index in [0.29, 0.717) is 0 Å². The van der Waals surface area contributed by atoms with Crippen molar-refractivity contribution in [2.24, 2.45) is 0 Å². The van der Waals surface area contributed by atoms with Gasteiger partial charge < -0.3 is 20.3 Å². The van der Waals surface area contributed by atoms with Crippen molar-refractivity contribution >= 4 is 11.4 Å². The summed E-state index contributed by atoms with van der Waals surface area (Å²) in [5.74, 6) is 0.783. The van der Waals surface area contributed by atoms with Crippen LogP contribution in [0.4, 0.5) is 11.4 Å². The van der Waals surface area contributed by atoms with Gasteiger partial charge in [-0.3, -0.25) is 0 Å². The summed E-state index contributed by atoms with van der Waals surface area (Å²) in [6.45, 7) is 8.60. The maximum absolute atomic E-state index is 6.24. The smallest absolute Gasteiger partial charge is 0.144 e. The van der Waals surface area contributed by atoms with Gasteiger partial charge in [0.25, 0.3) is 0 Å². The number of nitrogens with two attached hydrogens (primary N) is 1. The van der Waals surface area contributed by atoms with E-state index < -0.39 is 0 Å². The topological polar surface area (TPSA) is 41.7 Å². The Hall–Kier alpha value is -1.42. The molecule has 0 aromatic heterocycles. The number of benzene rings is 1. The minimum Gasteiger partial charge on any atom is -0.489 e. The van der Waals surface area contributed by atoms with Gasteiger partial charge in [-0.2, -0.15) is 0 Å². The van der Waals surface area contributed by atoms with Gasteiger partial charge in [-0.15, -0.1) is 0 Å². The highest BCUT2D eigenvalue weighted by molar-refractivity contribution is 5.73. The van der Waals surface area contributed by atoms with Gasteiger partial charge in [-0.1, -0.05) is 6.07 Å². The molecule has 4 nitrogen and oxygen atoms in total. The minimum absolute atomic E-state index is 0.141. The van der Waals surface area contributed by atoms with E-state index in [1.807, 2.05) is 26.0 Å². The van der Waals surface area contributed by atoms with E-state index in [4.69, 9.17) is 10.5 Å². The molecule has 0 aliphatic carbocycles. The van der Waals surface area contributed by atoms with Gasteiger partial charge in [0.05, 0.1) is 17.5 Å². The number of para-hydroxylation sites is 1. The first-order valence-electron chi connectivity index (χ1n) is 7.56. The van der Waals surface area contributed by atoms with E-state index in [1.54, 1.807) is 0 Å². The summed E-state index contributed by atoms with van der Waals surface area (Å²) in [7, 11) is 2.10. The summed E-state index contributed by atoms with van der Waals surface area (Å²) in [4.78, 5) is 4.74. The molecule has 2 rings (SSSR count). The number of hydrogen-bond donors (Lipinski definition) is 1. The molecule has 1 aliphatic rings. The third-order valence-electron chi connectivity index (χ3n) is 3.77. The number of ether oxygens (including phenoxy) is 1. The Morgan fingerprint density at radius 3 is 2.65 bits per heavy atom. The van der Waals surface area contributed by atoms with E-state index in [0.717, 1.165) is 30.2 Å². The predicted octanol–water partition coefficient (Wildman–Crippen LogP) is 2.59. The molecule has 1 aromatic rings. The number of nitrogen functional groups attached to an aromatic ring is 1. The zero-order valence-corrected chi connectivity index (χ0v) is 12.9. The van der Waals surface area contributed by atoms with Crippen molar-refractivity contribution in [2.75, 3.05) is 43.9 Å². The van der Waals surface area contributed by atoms with Crippen LogP contribution in [0.3, 0.4) is 0 Å². The summed E-state index contributed by atoms with van der Waals surface area (Å²) >= 11 is 0. The van der Waals surface area contributed by atoms with Crippen LogP contribution in [-0.2, 0) is 0 Å². The Kier molecular flexibility index (Phi) is 5.12. The summed E-state index contributed by atoms with van der Waals surface area (Å²) in [6.07, 6.45) is 2.81. The summed E-state index contributed by atoms with van der Waals surface area (Å²) in [6, 6.07) is 6.01. The molecular weight excluding hydrogens is 250 g/mol. The lowest BCUT2D eigenvalue weighted by Gasteiger charge is -2.25. The third kappa shape index (κ3) is 3.79. The van der Waals surface area contributed by atoms with Gasteiger partial charge in [-0.05, 0) is 51.9 Å². The average Bonchev–Trinajstić information content (AvgIpc) is 2.91. The molecule has 1 aromatic carbocycles. The van der Waals surface area contributed by atoms with Crippen molar-refractivity contribution in [3.63, 3.8) is 0 Å². The van der Waals surface area contributed by atoms with Crippen molar-refractivity contribution in [1.29, 1.82) is 0 Å². The van der Waals surface area contributed by atoms with Crippen LogP contribution in [-0.4, -0.2) is 44.2 Å². The lowest BCUT2D eigenvalue weighted by Crippen LogP contribution is -2.31. The van der Waals surface area contributed by atoms with Crippen LogP contribution in [0.2, 0.25) is 0 Å². The van der Waals surface area contributed by atoms with Crippen molar-refractivity contribution in [3.05, 3.63) is 18.2 Å². The Labute approximate surface area is 122 Å². The molecule has 0 atom stereocenters. The number of nitrogens with zero attached hydrogens (tertiary/aromatic N) is 2. The standard InChI is InChI=1S/C16H27N3O/c1-13(2)20-15-8-6-7-14(16(15)17)18(3)11-12-19-9-4-5-10-19/h6-8,13H,4-5,9-12,17H2,1-3H3. The molecule has 0 spiro atoms. The molecule has 0 bridgehead atoms. The fourth-order valence-electron chi connectivity index (χ4n) is 2.64. The number of likely N-dealkylation sites (N-methyl/N-ethyl adjacent to an activating group) is 1. The highest BCUT2D eigenvalue weighted by Crippen LogP contribution is 2.32. The highest BCUT2D eigenvalue weighted by Gasteiger charge is 2.14. The van der Waals surface area contributed by atoms with Gasteiger partial charge in [0.1, 0.15) is 5.75 Å². The number of rotatable bonds is 6. The Morgan fingerprint density at radius 2 is 2.00 bits per heavy atom. The van der Waals surface area contributed by atoms with Crippen molar-refractivity contribution in [3.8, 4) is 5.75 Å². The fourth-order valence-corrected chi connectivity index (χ4v) is 2.64. The Balaban J connectivity index is 1.99. The molecule has 0 saturated carbocycles. The summed E-state index contributed by atoms with van der Waals surface area (Å²) < 4.78 is 5.75. The van der Waals surface area contributed by atoms with Crippen molar-refractivity contribution in [2.45, 2.75) is 32.8 Å². The molecule has 0 unspecified atom stereocenters. The van der Waals surface area contributed by atoms with Crippen LogP contribution in [0.15, 0.2) is 18.2 Å². The fraction of sp³-hybridized carbons (Fsp3) is 0.625. The van der Waals surface area contributed by atoms with Crippen LogP contribution in [0, 0.1) is 0 Å². The van der Waals surface area contributed by atoms with Crippen LogP contribution >= 0.6 is 0 Å². The van der Waals surface area contributed by atoms with Gasteiger partial charge >= 0.3 is 0 Å². The molecule has 1 aliphatic heterocycles. The molecule has 4 heteroatoms. The molecule has 2 N–H and O–H groups in total. The zero-order valence-electron chi connectivity index (χ0n) is 12.9. The third-order valence-corrected chi connectivity index (χ3v) is 3.77. The average molecular weight is 277 g/mol. The first-order chi connectivity index (χ1) is 9.58. The van der Waals surface area contributed by atoms with E-state index in [-0.39, 0.29) is 6.10 Å².